The van der Waals surface area contributed by atoms with Gasteiger partial charge >= 0.3 is 0 Å². The van der Waals surface area contributed by atoms with Crippen molar-refractivity contribution in [2.45, 2.75) is 6.92 Å². The van der Waals surface area contributed by atoms with E-state index < -0.39 is 0 Å². The maximum atomic E-state index is 12.2. The average molecular weight is 334 g/mol. The minimum Gasteiger partial charge on any atom is -0.411 e. The van der Waals surface area contributed by atoms with Gasteiger partial charge in [0.15, 0.2) is 0 Å². The Morgan fingerprint density at radius 1 is 1.30 bits per heavy atom. The molecule has 20 heavy (non-hydrogen) atoms. The summed E-state index contributed by atoms with van der Waals surface area (Å²) in [5.74, 6) is -0.337. The number of nitrogens with zero attached hydrogens (tertiary/aromatic N) is 2. The van der Waals surface area contributed by atoms with Gasteiger partial charge in [-0.15, -0.1) is 0 Å². The molecule has 1 amide bonds. The van der Waals surface area contributed by atoms with Gasteiger partial charge < -0.3 is 10.5 Å². The van der Waals surface area contributed by atoms with Crippen LogP contribution in [0.4, 0.5) is 5.69 Å². The van der Waals surface area contributed by atoms with E-state index >= 15 is 0 Å². The number of aromatic nitrogens is 1. The van der Waals surface area contributed by atoms with Gasteiger partial charge in [0.2, 0.25) is 0 Å². The van der Waals surface area contributed by atoms with E-state index in [1.54, 1.807) is 49.5 Å². The van der Waals surface area contributed by atoms with Crippen LogP contribution in [0.2, 0.25) is 0 Å². The van der Waals surface area contributed by atoms with Gasteiger partial charge in [0.1, 0.15) is 5.69 Å². The van der Waals surface area contributed by atoms with Crippen molar-refractivity contribution in [1.82, 2.24) is 4.98 Å². The van der Waals surface area contributed by atoms with Gasteiger partial charge in [0, 0.05) is 16.2 Å². The molecule has 0 atom stereocenters. The smallest absolute Gasteiger partial charge is 0.275 e. The molecule has 2 rings (SSSR count). The molecular formula is C14H12BrN3O2. The Morgan fingerprint density at radius 2 is 2.05 bits per heavy atom. The van der Waals surface area contributed by atoms with E-state index in [4.69, 9.17) is 5.21 Å². The number of oxime groups is 1. The summed E-state index contributed by atoms with van der Waals surface area (Å²) in [6, 6.07) is 10.6. The first-order valence-electron chi connectivity index (χ1n) is 5.83. The second-order valence-corrected chi connectivity index (χ2v) is 4.87. The minimum atomic E-state index is -0.337. The molecule has 0 bridgehead atoms. The predicted molar refractivity (Wildman–Crippen MR) is 80.3 cm³/mol. The minimum absolute atomic E-state index is 0.292. The molecule has 0 unspecified atom stereocenters. The molecule has 0 saturated carbocycles. The molecule has 0 fully saturated rings. The molecule has 102 valence electrons. The normalized spacial score (nSPS) is 11.2. The largest absolute Gasteiger partial charge is 0.411 e. The number of hydrogen-bond acceptors (Lipinski definition) is 4. The predicted octanol–water partition coefficient (Wildman–Crippen LogP) is 3.29. The van der Waals surface area contributed by atoms with E-state index in [1.807, 2.05) is 0 Å². The van der Waals surface area contributed by atoms with Gasteiger partial charge in [0.25, 0.3) is 5.91 Å². The van der Waals surface area contributed by atoms with Gasteiger partial charge in [-0.3, -0.25) is 4.79 Å². The molecule has 2 aromatic rings. The molecule has 0 spiro atoms. The zero-order chi connectivity index (χ0) is 14.5. The summed E-state index contributed by atoms with van der Waals surface area (Å²) >= 11 is 3.28. The van der Waals surface area contributed by atoms with Crippen LogP contribution in [0.3, 0.4) is 0 Å². The fraction of sp³-hybridized carbons (Fsp3) is 0.0714. The maximum Gasteiger partial charge on any atom is 0.275 e. The number of para-hydroxylation sites is 1. The highest BCUT2D eigenvalue weighted by atomic mass is 79.9. The second kappa shape index (κ2) is 6.29. The van der Waals surface area contributed by atoms with E-state index in [-0.39, 0.29) is 5.91 Å². The first-order chi connectivity index (χ1) is 9.63. The van der Waals surface area contributed by atoms with E-state index in [0.29, 0.717) is 27.1 Å². The van der Waals surface area contributed by atoms with E-state index in [0.717, 1.165) is 0 Å². The Labute approximate surface area is 124 Å². The number of anilines is 1. The van der Waals surface area contributed by atoms with Crippen LogP contribution in [-0.4, -0.2) is 21.8 Å². The Bertz CT molecular complexity index is 671. The number of hydrogen-bond donors (Lipinski definition) is 2. The highest BCUT2D eigenvalue weighted by Gasteiger charge is 2.14. The van der Waals surface area contributed by atoms with Gasteiger partial charge in [-0.1, -0.05) is 23.4 Å². The topological polar surface area (TPSA) is 74.6 Å². The molecule has 2 N–H and O–H groups in total. The third-order valence-electron chi connectivity index (χ3n) is 2.69. The summed E-state index contributed by atoms with van der Waals surface area (Å²) in [6.45, 7) is 1.65. The lowest BCUT2D eigenvalue weighted by Crippen LogP contribution is -2.16. The van der Waals surface area contributed by atoms with Gasteiger partial charge in [-0.05, 0) is 41.1 Å². The monoisotopic (exact) mass is 333 g/mol. The lowest BCUT2D eigenvalue weighted by molar-refractivity contribution is 0.102. The molecule has 1 heterocycles. The third-order valence-corrected chi connectivity index (χ3v) is 3.33. The highest BCUT2D eigenvalue weighted by Crippen LogP contribution is 2.19. The number of halogens is 1. The summed E-state index contributed by atoms with van der Waals surface area (Å²) in [5, 5.41) is 14.8. The van der Waals surface area contributed by atoms with Crippen LogP contribution < -0.4 is 5.32 Å². The molecule has 5 nitrogen and oxygen atoms in total. The van der Waals surface area contributed by atoms with Crippen molar-refractivity contribution in [2.75, 3.05) is 5.32 Å². The third kappa shape index (κ3) is 3.03. The van der Waals surface area contributed by atoms with Gasteiger partial charge in [-0.25, -0.2) is 4.98 Å². The lowest BCUT2D eigenvalue weighted by Gasteiger charge is -2.10. The first-order valence-corrected chi connectivity index (χ1v) is 6.62. The number of nitrogens with one attached hydrogen (secondary N) is 1. The van der Waals surface area contributed by atoms with Crippen molar-refractivity contribution in [1.29, 1.82) is 0 Å². The summed E-state index contributed by atoms with van der Waals surface area (Å²) < 4.78 is 0.613. The van der Waals surface area contributed by atoms with Gasteiger partial charge in [-0.2, -0.15) is 0 Å². The Balaban J connectivity index is 2.32. The molecule has 1 aromatic carbocycles. The molecule has 1 aromatic heterocycles. The maximum absolute atomic E-state index is 12.2. The van der Waals surface area contributed by atoms with Crippen molar-refractivity contribution < 1.29 is 10.0 Å². The van der Waals surface area contributed by atoms with Crippen LogP contribution in [0, 0.1) is 0 Å². The van der Waals surface area contributed by atoms with Crippen molar-refractivity contribution in [3.63, 3.8) is 0 Å². The Hall–Kier alpha value is -2.21. The van der Waals surface area contributed by atoms with Crippen molar-refractivity contribution in [3.8, 4) is 0 Å². The van der Waals surface area contributed by atoms with E-state index in [9.17, 15) is 4.79 Å². The van der Waals surface area contributed by atoms with Crippen LogP contribution in [0.1, 0.15) is 23.0 Å². The summed E-state index contributed by atoms with van der Waals surface area (Å²) in [5.41, 5.74) is 1.92. The number of carbonyl (C=O) groups is 1. The van der Waals surface area contributed by atoms with Crippen LogP contribution in [0.5, 0.6) is 0 Å². The molecule has 0 radical (unpaired) electrons. The van der Waals surface area contributed by atoms with Gasteiger partial charge in [0.05, 0.1) is 11.4 Å². The fourth-order valence-electron chi connectivity index (χ4n) is 1.70. The molecule has 6 heteroatoms. The van der Waals surface area contributed by atoms with Crippen molar-refractivity contribution in [3.05, 3.63) is 58.3 Å². The van der Waals surface area contributed by atoms with E-state index in [1.165, 1.54) is 0 Å². The Kier molecular flexibility index (Phi) is 4.47. The summed E-state index contributed by atoms with van der Waals surface area (Å²) in [4.78, 5) is 16.2. The zero-order valence-electron chi connectivity index (χ0n) is 10.7. The molecule has 0 saturated heterocycles. The molecule has 0 aliphatic rings. The zero-order valence-corrected chi connectivity index (χ0v) is 12.3. The molecular weight excluding hydrogens is 322 g/mol. The van der Waals surface area contributed by atoms with Crippen LogP contribution in [0.15, 0.2) is 52.2 Å². The number of amides is 1. The van der Waals surface area contributed by atoms with Crippen LogP contribution in [0.25, 0.3) is 0 Å². The van der Waals surface area contributed by atoms with Crippen LogP contribution in [-0.2, 0) is 0 Å². The highest BCUT2D eigenvalue weighted by molar-refractivity contribution is 9.10. The van der Waals surface area contributed by atoms with Crippen molar-refractivity contribution >= 4 is 33.2 Å². The quantitative estimate of drug-likeness (QED) is 0.514. The van der Waals surface area contributed by atoms with Crippen LogP contribution >= 0.6 is 15.9 Å². The van der Waals surface area contributed by atoms with Crippen molar-refractivity contribution in [2.24, 2.45) is 5.16 Å². The molecule has 0 aliphatic heterocycles. The fourth-order valence-corrected chi connectivity index (χ4v) is 2.13. The first kappa shape index (κ1) is 14.2. The number of pyridine rings is 1. The number of carbonyl (C=O) groups excluding carboxylic acids is 1. The SMILES string of the molecule is C/C(=N/O)c1ccccc1NC(=O)c1ncccc1Br. The standard InChI is InChI=1S/C14H12BrN3O2/c1-9(18-20)10-5-2-3-7-12(10)17-14(19)13-11(15)6-4-8-16-13/h2-8,20H,1H3,(H,17,19)/b18-9-. The Morgan fingerprint density at radius 3 is 2.75 bits per heavy atom. The average Bonchev–Trinajstić information content (AvgIpc) is 2.47. The number of benzene rings is 1. The lowest BCUT2D eigenvalue weighted by atomic mass is 10.1. The number of rotatable bonds is 3. The summed E-state index contributed by atoms with van der Waals surface area (Å²) in [6.07, 6.45) is 1.55. The summed E-state index contributed by atoms with van der Waals surface area (Å²) in [7, 11) is 0. The molecule has 0 aliphatic carbocycles. The van der Waals surface area contributed by atoms with E-state index in [2.05, 4.69) is 31.4 Å². The second-order valence-electron chi connectivity index (χ2n) is 4.02.